The Balaban J connectivity index is 2.58. The van der Waals surface area contributed by atoms with Crippen LogP contribution in [0.5, 0.6) is 5.75 Å². The third-order valence-corrected chi connectivity index (χ3v) is 4.63. The Morgan fingerprint density at radius 1 is 1.14 bits per heavy atom. The van der Waals surface area contributed by atoms with Crippen LogP contribution in [0.15, 0.2) is 24.3 Å². The molecule has 0 radical (unpaired) electrons. The molecule has 0 saturated carbocycles. The first-order valence-corrected chi connectivity index (χ1v) is 7.83. The second-order valence-electron chi connectivity index (χ2n) is 6.74. The highest BCUT2D eigenvalue weighted by molar-refractivity contribution is 7.15. The molecule has 0 aliphatic heterocycles. The first kappa shape index (κ1) is 16.0. The number of rotatable bonds is 3. The Kier molecular flexibility index (Phi) is 4.13. The Labute approximate surface area is 130 Å². The maximum Gasteiger partial charge on any atom is 0.124 e. The van der Waals surface area contributed by atoms with Crippen LogP contribution in [0.4, 0.5) is 0 Å². The van der Waals surface area contributed by atoms with E-state index >= 15 is 0 Å². The zero-order valence-electron chi connectivity index (χ0n) is 13.5. The van der Waals surface area contributed by atoms with E-state index in [0.717, 1.165) is 26.9 Å². The van der Waals surface area contributed by atoms with Crippen molar-refractivity contribution in [2.45, 2.75) is 45.6 Å². The van der Waals surface area contributed by atoms with Crippen LogP contribution in [0, 0.1) is 0 Å². The summed E-state index contributed by atoms with van der Waals surface area (Å²) in [6.45, 7) is 9.97. The Hall–Kier alpha value is -1.39. The summed E-state index contributed by atoms with van der Waals surface area (Å²) in [5.41, 5.74) is 0.971. The molecule has 2 rings (SSSR count). The van der Waals surface area contributed by atoms with Crippen LogP contribution >= 0.6 is 11.3 Å². The molecule has 0 amide bonds. The number of aromatic nitrogens is 1. The lowest BCUT2D eigenvalue weighted by Crippen LogP contribution is -2.22. The first-order chi connectivity index (χ1) is 9.63. The fraction of sp³-hybridized carbons (Fsp3) is 0.471. The molecule has 1 heterocycles. The molecule has 0 atom stereocenters. The van der Waals surface area contributed by atoms with Crippen LogP contribution in [-0.4, -0.2) is 17.2 Å². The van der Waals surface area contributed by atoms with Crippen LogP contribution in [0.25, 0.3) is 10.6 Å². The minimum Gasteiger partial charge on any atom is -0.497 e. The van der Waals surface area contributed by atoms with Gasteiger partial charge in [0.25, 0.3) is 0 Å². The van der Waals surface area contributed by atoms with E-state index < -0.39 is 5.60 Å². The van der Waals surface area contributed by atoms with E-state index in [1.807, 2.05) is 38.1 Å². The van der Waals surface area contributed by atoms with E-state index in [9.17, 15) is 5.11 Å². The quantitative estimate of drug-likeness (QED) is 0.917. The molecular formula is C17H23NO2S. The van der Waals surface area contributed by atoms with Crippen molar-refractivity contribution < 1.29 is 9.84 Å². The predicted molar refractivity (Wildman–Crippen MR) is 88.0 cm³/mol. The molecule has 114 valence electrons. The standard InChI is InChI=1S/C17H23NO2S/c1-16(2,3)13-14(17(4,5)19)21-15(18-13)11-8-7-9-12(10-11)20-6/h7-10,19H,1-6H3. The molecule has 0 fully saturated rings. The summed E-state index contributed by atoms with van der Waals surface area (Å²) < 4.78 is 5.28. The third kappa shape index (κ3) is 3.44. The van der Waals surface area contributed by atoms with Gasteiger partial charge in [0.15, 0.2) is 0 Å². The number of aliphatic hydroxyl groups is 1. The molecule has 0 bridgehead atoms. The van der Waals surface area contributed by atoms with Crippen LogP contribution in [0.1, 0.15) is 45.2 Å². The molecule has 1 aromatic carbocycles. The average molecular weight is 305 g/mol. The van der Waals surface area contributed by atoms with Gasteiger partial charge in [0, 0.05) is 11.0 Å². The van der Waals surface area contributed by atoms with Gasteiger partial charge in [-0.1, -0.05) is 32.9 Å². The highest BCUT2D eigenvalue weighted by atomic mass is 32.1. The van der Waals surface area contributed by atoms with Crippen LogP contribution in [0.3, 0.4) is 0 Å². The van der Waals surface area contributed by atoms with Gasteiger partial charge in [0.05, 0.1) is 23.3 Å². The number of thiazole rings is 1. The largest absolute Gasteiger partial charge is 0.497 e. The lowest BCUT2D eigenvalue weighted by Gasteiger charge is -2.23. The van der Waals surface area contributed by atoms with Gasteiger partial charge >= 0.3 is 0 Å². The highest BCUT2D eigenvalue weighted by Gasteiger charge is 2.31. The van der Waals surface area contributed by atoms with Crippen molar-refractivity contribution in [3.05, 3.63) is 34.8 Å². The zero-order chi connectivity index (χ0) is 15.8. The lowest BCUT2D eigenvalue weighted by atomic mass is 9.88. The van der Waals surface area contributed by atoms with E-state index in [2.05, 4.69) is 20.8 Å². The van der Waals surface area contributed by atoms with Crippen molar-refractivity contribution in [1.82, 2.24) is 4.98 Å². The molecule has 3 nitrogen and oxygen atoms in total. The van der Waals surface area contributed by atoms with Gasteiger partial charge in [-0.05, 0) is 26.0 Å². The molecule has 0 aliphatic carbocycles. The van der Waals surface area contributed by atoms with E-state index in [-0.39, 0.29) is 5.41 Å². The molecule has 0 unspecified atom stereocenters. The number of ether oxygens (including phenoxy) is 1. The lowest BCUT2D eigenvalue weighted by molar-refractivity contribution is 0.0803. The second-order valence-corrected chi connectivity index (χ2v) is 7.74. The number of nitrogens with zero attached hydrogens (tertiary/aromatic N) is 1. The SMILES string of the molecule is COc1cccc(-c2nc(C(C)(C)C)c(C(C)(C)O)s2)c1. The maximum absolute atomic E-state index is 10.4. The fourth-order valence-corrected chi connectivity index (χ4v) is 3.40. The number of hydrogen-bond donors (Lipinski definition) is 1. The van der Waals surface area contributed by atoms with Gasteiger partial charge in [0.2, 0.25) is 0 Å². The van der Waals surface area contributed by atoms with Crippen LogP contribution in [0.2, 0.25) is 0 Å². The number of methoxy groups -OCH3 is 1. The summed E-state index contributed by atoms with van der Waals surface area (Å²) in [6, 6.07) is 7.86. The van der Waals surface area contributed by atoms with Crippen molar-refractivity contribution in [2.24, 2.45) is 0 Å². The number of hydrogen-bond acceptors (Lipinski definition) is 4. The first-order valence-electron chi connectivity index (χ1n) is 7.01. The summed E-state index contributed by atoms with van der Waals surface area (Å²) in [4.78, 5) is 5.72. The molecular weight excluding hydrogens is 282 g/mol. The molecule has 0 saturated heterocycles. The molecule has 0 aliphatic rings. The fourth-order valence-electron chi connectivity index (χ4n) is 2.12. The molecule has 21 heavy (non-hydrogen) atoms. The van der Waals surface area contributed by atoms with Gasteiger partial charge in [-0.3, -0.25) is 0 Å². The Morgan fingerprint density at radius 3 is 2.29 bits per heavy atom. The van der Waals surface area contributed by atoms with Crippen molar-refractivity contribution >= 4 is 11.3 Å². The normalized spacial score (nSPS) is 12.5. The Bertz CT molecular complexity index is 601. The number of benzene rings is 1. The van der Waals surface area contributed by atoms with Gasteiger partial charge in [0.1, 0.15) is 10.8 Å². The van der Waals surface area contributed by atoms with Crippen LogP contribution < -0.4 is 4.74 Å². The summed E-state index contributed by atoms with van der Waals surface area (Å²) in [7, 11) is 1.66. The van der Waals surface area contributed by atoms with Crippen molar-refractivity contribution in [3.8, 4) is 16.3 Å². The van der Waals surface area contributed by atoms with E-state index in [0.29, 0.717) is 0 Å². The Morgan fingerprint density at radius 2 is 1.81 bits per heavy atom. The van der Waals surface area contributed by atoms with Gasteiger partial charge < -0.3 is 9.84 Å². The van der Waals surface area contributed by atoms with E-state index in [4.69, 9.17) is 9.72 Å². The van der Waals surface area contributed by atoms with Crippen molar-refractivity contribution in [1.29, 1.82) is 0 Å². The average Bonchev–Trinajstić information content (AvgIpc) is 2.83. The maximum atomic E-state index is 10.4. The van der Waals surface area contributed by atoms with Crippen molar-refractivity contribution in [2.75, 3.05) is 7.11 Å². The summed E-state index contributed by atoms with van der Waals surface area (Å²) >= 11 is 1.55. The monoisotopic (exact) mass is 305 g/mol. The van der Waals surface area contributed by atoms with Gasteiger partial charge in [-0.2, -0.15) is 0 Å². The summed E-state index contributed by atoms with van der Waals surface area (Å²) in [5, 5.41) is 11.4. The smallest absolute Gasteiger partial charge is 0.124 e. The van der Waals surface area contributed by atoms with Crippen molar-refractivity contribution in [3.63, 3.8) is 0 Å². The van der Waals surface area contributed by atoms with Crippen LogP contribution in [-0.2, 0) is 11.0 Å². The zero-order valence-corrected chi connectivity index (χ0v) is 14.3. The topological polar surface area (TPSA) is 42.4 Å². The minimum absolute atomic E-state index is 0.108. The molecule has 1 aromatic heterocycles. The molecule has 2 aromatic rings. The predicted octanol–water partition coefficient (Wildman–Crippen LogP) is 4.34. The minimum atomic E-state index is -0.891. The van der Waals surface area contributed by atoms with Gasteiger partial charge in [-0.25, -0.2) is 4.98 Å². The molecule has 4 heteroatoms. The van der Waals surface area contributed by atoms with E-state index in [1.54, 1.807) is 18.4 Å². The molecule has 0 spiro atoms. The highest BCUT2D eigenvalue weighted by Crippen LogP contribution is 2.40. The van der Waals surface area contributed by atoms with E-state index in [1.165, 1.54) is 0 Å². The van der Waals surface area contributed by atoms with Gasteiger partial charge in [-0.15, -0.1) is 11.3 Å². The molecule has 1 N–H and O–H groups in total. The summed E-state index contributed by atoms with van der Waals surface area (Å²) in [5.74, 6) is 0.810. The second kappa shape index (κ2) is 5.43. The summed E-state index contributed by atoms with van der Waals surface area (Å²) in [6.07, 6.45) is 0. The third-order valence-electron chi connectivity index (χ3n) is 3.21.